The van der Waals surface area contributed by atoms with Crippen molar-refractivity contribution in [2.45, 2.75) is 57.9 Å². The standard InChI is InChI=1S/C15H30N2/c1-3-17(11-13-7-6-8-13)12-15(16-2)14-9-4-5-10-14/h13-16H,3-12H2,1-2H3. The van der Waals surface area contributed by atoms with Crippen LogP contribution >= 0.6 is 0 Å². The zero-order chi connectivity index (χ0) is 12.1. The Morgan fingerprint density at radius 3 is 2.29 bits per heavy atom. The summed E-state index contributed by atoms with van der Waals surface area (Å²) in [6.07, 6.45) is 10.2. The highest BCUT2D eigenvalue weighted by molar-refractivity contribution is 4.83. The fourth-order valence-corrected chi connectivity index (χ4v) is 3.49. The predicted octanol–water partition coefficient (Wildman–Crippen LogP) is 2.89. The van der Waals surface area contributed by atoms with Crippen molar-refractivity contribution in [3.63, 3.8) is 0 Å². The van der Waals surface area contributed by atoms with Gasteiger partial charge in [0.2, 0.25) is 0 Å². The van der Waals surface area contributed by atoms with Crippen LogP contribution in [-0.2, 0) is 0 Å². The number of hydrogen-bond donors (Lipinski definition) is 1. The third-order valence-electron chi connectivity index (χ3n) is 4.98. The van der Waals surface area contributed by atoms with Gasteiger partial charge in [0.05, 0.1) is 0 Å². The van der Waals surface area contributed by atoms with E-state index in [0.717, 1.165) is 17.9 Å². The van der Waals surface area contributed by atoms with E-state index in [2.05, 4.69) is 24.2 Å². The van der Waals surface area contributed by atoms with Gasteiger partial charge in [-0.25, -0.2) is 0 Å². The van der Waals surface area contributed by atoms with Gasteiger partial charge in [-0.1, -0.05) is 26.2 Å². The monoisotopic (exact) mass is 238 g/mol. The van der Waals surface area contributed by atoms with Gasteiger partial charge in [-0.2, -0.15) is 0 Å². The van der Waals surface area contributed by atoms with Crippen molar-refractivity contribution in [2.24, 2.45) is 11.8 Å². The molecule has 0 aromatic carbocycles. The van der Waals surface area contributed by atoms with Crippen molar-refractivity contribution in [2.75, 3.05) is 26.7 Å². The lowest BCUT2D eigenvalue weighted by molar-refractivity contribution is 0.158. The molecule has 1 atom stereocenters. The van der Waals surface area contributed by atoms with Crippen molar-refractivity contribution in [1.29, 1.82) is 0 Å². The van der Waals surface area contributed by atoms with E-state index in [0.29, 0.717) is 0 Å². The molecule has 0 spiro atoms. The summed E-state index contributed by atoms with van der Waals surface area (Å²) < 4.78 is 0. The first-order valence-corrected chi connectivity index (χ1v) is 7.73. The van der Waals surface area contributed by atoms with Crippen molar-refractivity contribution in [1.82, 2.24) is 10.2 Å². The van der Waals surface area contributed by atoms with Crippen LogP contribution in [-0.4, -0.2) is 37.6 Å². The van der Waals surface area contributed by atoms with Gasteiger partial charge >= 0.3 is 0 Å². The van der Waals surface area contributed by atoms with Crippen molar-refractivity contribution in [3.8, 4) is 0 Å². The van der Waals surface area contributed by atoms with Crippen molar-refractivity contribution < 1.29 is 0 Å². The largest absolute Gasteiger partial charge is 0.315 e. The van der Waals surface area contributed by atoms with Crippen LogP contribution in [0.1, 0.15) is 51.9 Å². The molecule has 17 heavy (non-hydrogen) atoms. The van der Waals surface area contributed by atoms with E-state index in [9.17, 15) is 0 Å². The maximum Gasteiger partial charge on any atom is 0.0220 e. The number of likely N-dealkylation sites (N-methyl/N-ethyl adjacent to an activating group) is 2. The predicted molar refractivity (Wildman–Crippen MR) is 74.3 cm³/mol. The zero-order valence-corrected chi connectivity index (χ0v) is 11.8. The Hall–Kier alpha value is -0.0800. The van der Waals surface area contributed by atoms with Crippen LogP contribution in [0.4, 0.5) is 0 Å². The highest BCUT2D eigenvalue weighted by Gasteiger charge is 2.27. The minimum atomic E-state index is 0.734. The van der Waals surface area contributed by atoms with Gasteiger partial charge in [0, 0.05) is 19.1 Å². The summed E-state index contributed by atoms with van der Waals surface area (Å²) in [4.78, 5) is 2.68. The highest BCUT2D eigenvalue weighted by atomic mass is 15.1. The molecule has 0 amide bonds. The van der Waals surface area contributed by atoms with Crippen LogP contribution in [0.2, 0.25) is 0 Å². The van der Waals surface area contributed by atoms with Crippen LogP contribution in [0, 0.1) is 11.8 Å². The van der Waals surface area contributed by atoms with Crippen LogP contribution in [0.25, 0.3) is 0 Å². The van der Waals surface area contributed by atoms with Gasteiger partial charge in [-0.05, 0) is 51.1 Å². The maximum absolute atomic E-state index is 3.58. The molecule has 0 aromatic rings. The van der Waals surface area contributed by atoms with Crippen LogP contribution in [0.5, 0.6) is 0 Å². The summed E-state index contributed by atoms with van der Waals surface area (Å²) in [6.45, 7) is 6.16. The van der Waals surface area contributed by atoms with Crippen molar-refractivity contribution in [3.05, 3.63) is 0 Å². The van der Waals surface area contributed by atoms with E-state index in [1.165, 1.54) is 64.6 Å². The van der Waals surface area contributed by atoms with E-state index >= 15 is 0 Å². The van der Waals surface area contributed by atoms with Gasteiger partial charge in [0.15, 0.2) is 0 Å². The molecule has 100 valence electrons. The fourth-order valence-electron chi connectivity index (χ4n) is 3.49. The SMILES string of the molecule is CCN(CC1CCC1)CC(NC)C1CCCC1. The quantitative estimate of drug-likeness (QED) is 0.733. The van der Waals surface area contributed by atoms with Gasteiger partial charge in [0.1, 0.15) is 0 Å². The van der Waals surface area contributed by atoms with Crippen LogP contribution in [0.15, 0.2) is 0 Å². The number of hydrogen-bond acceptors (Lipinski definition) is 2. The summed E-state index contributed by atoms with van der Waals surface area (Å²) in [5, 5.41) is 3.58. The molecule has 0 aliphatic heterocycles. The van der Waals surface area contributed by atoms with Gasteiger partial charge < -0.3 is 10.2 Å². The molecular formula is C15H30N2. The lowest BCUT2D eigenvalue weighted by Crippen LogP contribution is -2.45. The Kier molecular flexibility index (Phi) is 5.30. The zero-order valence-electron chi connectivity index (χ0n) is 11.8. The molecule has 2 rings (SSSR count). The average Bonchev–Trinajstić information content (AvgIpc) is 2.81. The molecule has 2 aliphatic rings. The van der Waals surface area contributed by atoms with Crippen LogP contribution in [0.3, 0.4) is 0 Å². The molecular weight excluding hydrogens is 208 g/mol. The van der Waals surface area contributed by atoms with Gasteiger partial charge in [-0.3, -0.25) is 0 Å². The molecule has 0 bridgehead atoms. The first-order valence-electron chi connectivity index (χ1n) is 7.73. The maximum atomic E-state index is 3.58. The summed E-state index contributed by atoms with van der Waals surface area (Å²) in [5.74, 6) is 1.95. The van der Waals surface area contributed by atoms with E-state index in [-0.39, 0.29) is 0 Å². The summed E-state index contributed by atoms with van der Waals surface area (Å²) in [6, 6.07) is 0.734. The lowest BCUT2D eigenvalue weighted by atomic mass is 9.85. The van der Waals surface area contributed by atoms with Gasteiger partial charge in [0.25, 0.3) is 0 Å². The molecule has 2 nitrogen and oxygen atoms in total. The van der Waals surface area contributed by atoms with E-state index in [1.807, 2.05) is 0 Å². The van der Waals surface area contributed by atoms with Gasteiger partial charge in [-0.15, -0.1) is 0 Å². The summed E-state index contributed by atoms with van der Waals surface area (Å²) >= 11 is 0. The Bertz CT molecular complexity index is 207. The first kappa shape index (κ1) is 13.4. The molecule has 2 aliphatic carbocycles. The fraction of sp³-hybridized carbons (Fsp3) is 1.00. The summed E-state index contributed by atoms with van der Waals surface area (Å²) in [7, 11) is 2.15. The third kappa shape index (κ3) is 3.69. The van der Waals surface area contributed by atoms with Crippen LogP contribution < -0.4 is 5.32 Å². The minimum Gasteiger partial charge on any atom is -0.315 e. The number of nitrogens with zero attached hydrogens (tertiary/aromatic N) is 1. The highest BCUT2D eigenvalue weighted by Crippen LogP contribution is 2.30. The number of rotatable bonds is 7. The molecule has 0 saturated heterocycles. The molecule has 0 aromatic heterocycles. The molecule has 2 fully saturated rings. The second-order valence-electron chi connectivity index (χ2n) is 6.09. The second-order valence-corrected chi connectivity index (χ2v) is 6.09. The number of nitrogens with one attached hydrogen (secondary N) is 1. The second kappa shape index (κ2) is 6.75. The molecule has 0 radical (unpaired) electrons. The molecule has 1 unspecified atom stereocenters. The third-order valence-corrected chi connectivity index (χ3v) is 4.98. The molecule has 0 heterocycles. The van der Waals surface area contributed by atoms with E-state index < -0.39 is 0 Å². The normalized spacial score (nSPS) is 24.2. The van der Waals surface area contributed by atoms with E-state index in [1.54, 1.807) is 0 Å². The Balaban J connectivity index is 1.77. The van der Waals surface area contributed by atoms with Crippen molar-refractivity contribution >= 4 is 0 Å². The minimum absolute atomic E-state index is 0.734. The Morgan fingerprint density at radius 2 is 1.82 bits per heavy atom. The topological polar surface area (TPSA) is 15.3 Å². The first-order chi connectivity index (χ1) is 8.33. The Labute approximate surface area is 107 Å². The Morgan fingerprint density at radius 1 is 1.12 bits per heavy atom. The molecule has 2 saturated carbocycles. The lowest BCUT2D eigenvalue weighted by Gasteiger charge is -2.35. The van der Waals surface area contributed by atoms with E-state index in [4.69, 9.17) is 0 Å². The molecule has 1 N–H and O–H groups in total. The summed E-state index contributed by atoms with van der Waals surface area (Å²) in [5.41, 5.74) is 0. The smallest absolute Gasteiger partial charge is 0.0220 e. The average molecular weight is 238 g/mol. The molecule has 2 heteroatoms.